The van der Waals surface area contributed by atoms with E-state index in [9.17, 15) is 9.59 Å². The van der Waals surface area contributed by atoms with Crippen LogP contribution in [0.4, 0.5) is 16.2 Å². The summed E-state index contributed by atoms with van der Waals surface area (Å²) >= 11 is 0. The number of carbonyl (C=O) groups is 2. The molecule has 0 spiro atoms. The zero-order valence-corrected chi connectivity index (χ0v) is 19.1. The molecule has 32 heavy (non-hydrogen) atoms. The monoisotopic (exact) mass is 435 g/mol. The Morgan fingerprint density at radius 2 is 1.72 bits per heavy atom. The Morgan fingerprint density at radius 3 is 2.44 bits per heavy atom. The van der Waals surface area contributed by atoms with Crippen molar-refractivity contribution in [1.29, 1.82) is 0 Å². The highest BCUT2D eigenvalue weighted by Gasteiger charge is 2.28. The molecule has 2 aromatic rings. The molecule has 1 N–H and O–H groups in total. The van der Waals surface area contributed by atoms with Crippen LogP contribution in [0.1, 0.15) is 11.1 Å². The number of hydrogen-bond acceptors (Lipinski definition) is 4. The smallest absolute Gasteiger partial charge is 0.313 e. The van der Waals surface area contributed by atoms with Crippen molar-refractivity contribution < 1.29 is 9.59 Å². The minimum Gasteiger partial charge on any atom is -0.313 e. The SMILES string of the molecule is Cc1ccc(N2CCN(C(=O)Nc3cccc(CCN4CCN(C)CC4)c3)CC2=O)cc1. The maximum atomic E-state index is 12.8. The number of anilines is 2. The molecular weight excluding hydrogens is 402 g/mol. The molecule has 170 valence electrons. The molecule has 0 atom stereocenters. The minimum absolute atomic E-state index is 0.0591. The third kappa shape index (κ3) is 5.66. The van der Waals surface area contributed by atoms with Crippen LogP contribution in [0.3, 0.4) is 0 Å². The van der Waals surface area contributed by atoms with E-state index >= 15 is 0 Å². The number of hydrogen-bond donors (Lipinski definition) is 1. The van der Waals surface area contributed by atoms with E-state index in [1.807, 2.05) is 49.4 Å². The van der Waals surface area contributed by atoms with Crippen molar-refractivity contribution in [2.45, 2.75) is 13.3 Å². The molecular formula is C25H33N5O2. The summed E-state index contributed by atoms with van der Waals surface area (Å²) in [7, 11) is 2.17. The second kappa shape index (κ2) is 10.1. The largest absolute Gasteiger partial charge is 0.322 e. The molecule has 2 aliphatic heterocycles. The summed E-state index contributed by atoms with van der Waals surface area (Å²) in [6, 6.07) is 15.7. The van der Waals surface area contributed by atoms with Crippen LogP contribution in [0.5, 0.6) is 0 Å². The summed E-state index contributed by atoms with van der Waals surface area (Å²) in [6.07, 6.45) is 0.959. The third-order valence-electron chi connectivity index (χ3n) is 6.34. The van der Waals surface area contributed by atoms with Gasteiger partial charge in [-0.05, 0) is 50.2 Å². The minimum atomic E-state index is -0.224. The van der Waals surface area contributed by atoms with Crippen molar-refractivity contribution in [2.24, 2.45) is 0 Å². The van der Waals surface area contributed by atoms with Crippen molar-refractivity contribution in [3.8, 4) is 0 Å². The predicted octanol–water partition coefficient (Wildman–Crippen LogP) is 2.67. The maximum Gasteiger partial charge on any atom is 0.322 e. The Kier molecular flexibility index (Phi) is 7.07. The molecule has 4 rings (SSSR count). The Morgan fingerprint density at radius 1 is 0.969 bits per heavy atom. The molecule has 0 unspecified atom stereocenters. The van der Waals surface area contributed by atoms with Crippen molar-refractivity contribution >= 4 is 23.3 Å². The van der Waals surface area contributed by atoms with Gasteiger partial charge in [-0.1, -0.05) is 29.8 Å². The average molecular weight is 436 g/mol. The molecule has 0 radical (unpaired) electrons. The quantitative estimate of drug-likeness (QED) is 0.785. The first kappa shape index (κ1) is 22.3. The Bertz CT molecular complexity index is 938. The molecule has 0 aliphatic carbocycles. The van der Waals surface area contributed by atoms with Crippen LogP contribution in [0.2, 0.25) is 0 Å². The van der Waals surface area contributed by atoms with Crippen LogP contribution in [0, 0.1) is 6.92 Å². The maximum absolute atomic E-state index is 12.8. The summed E-state index contributed by atoms with van der Waals surface area (Å²) in [5.41, 5.74) is 4.03. The summed E-state index contributed by atoms with van der Waals surface area (Å²) in [5, 5.41) is 2.97. The lowest BCUT2D eigenvalue weighted by Crippen LogP contribution is -2.53. The Balaban J connectivity index is 1.29. The molecule has 7 nitrogen and oxygen atoms in total. The van der Waals surface area contributed by atoms with Crippen molar-refractivity contribution in [1.82, 2.24) is 14.7 Å². The number of carbonyl (C=O) groups excluding carboxylic acids is 2. The number of amides is 3. The normalized spacial score (nSPS) is 18.1. The van der Waals surface area contributed by atoms with Gasteiger partial charge in [-0.25, -0.2) is 4.79 Å². The summed E-state index contributed by atoms with van der Waals surface area (Å²) in [6.45, 7) is 8.59. The number of likely N-dealkylation sites (N-methyl/N-ethyl adjacent to an activating group) is 1. The van der Waals surface area contributed by atoms with E-state index in [1.165, 1.54) is 5.56 Å². The zero-order valence-electron chi connectivity index (χ0n) is 19.1. The summed E-state index contributed by atoms with van der Waals surface area (Å²) < 4.78 is 0. The van der Waals surface area contributed by atoms with Crippen molar-refractivity contribution in [2.75, 3.05) is 69.6 Å². The average Bonchev–Trinajstić information content (AvgIpc) is 2.79. The number of benzene rings is 2. The van der Waals surface area contributed by atoms with E-state index in [0.717, 1.165) is 56.1 Å². The van der Waals surface area contributed by atoms with Crippen LogP contribution < -0.4 is 10.2 Å². The summed E-state index contributed by atoms with van der Waals surface area (Å²) in [5.74, 6) is -0.0591. The van der Waals surface area contributed by atoms with E-state index in [-0.39, 0.29) is 18.5 Å². The highest BCUT2D eigenvalue weighted by molar-refractivity contribution is 5.99. The topological polar surface area (TPSA) is 59.1 Å². The fourth-order valence-electron chi connectivity index (χ4n) is 4.21. The second-order valence-corrected chi connectivity index (χ2v) is 8.83. The van der Waals surface area contributed by atoms with Crippen LogP contribution >= 0.6 is 0 Å². The molecule has 7 heteroatoms. The first-order valence-electron chi connectivity index (χ1n) is 11.4. The van der Waals surface area contributed by atoms with Gasteiger partial charge in [0, 0.05) is 57.2 Å². The number of urea groups is 1. The Hall–Kier alpha value is -2.90. The Labute approximate surface area is 190 Å². The zero-order chi connectivity index (χ0) is 22.5. The lowest BCUT2D eigenvalue weighted by atomic mass is 10.1. The summed E-state index contributed by atoms with van der Waals surface area (Å²) in [4.78, 5) is 33.6. The van der Waals surface area contributed by atoms with Gasteiger partial charge in [0.1, 0.15) is 6.54 Å². The molecule has 0 aromatic heterocycles. The lowest BCUT2D eigenvalue weighted by Gasteiger charge is -2.34. The van der Waals surface area contributed by atoms with Gasteiger partial charge < -0.3 is 24.9 Å². The van der Waals surface area contributed by atoms with Crippen LogP contribution in [-0.4, -0.2) is 86.0 Å². The van der Waals surface area contributed by atoms with Crippen LogP contribution in [-0.2, 0) is 11.2 Å². The van der Waals surface area contributed by atoms with Crippen LogP contribution in [0.25, 0.3) is 0 Å². The number of nitrogens with zero attached hydrogens (tertiary/aromatic N) is 4. The third-order valence-corrected chi connectivity index (χ3v) is 6.34. The molecule has 2 saturated heterocycles. The van der Waals surface area contributed by atoms with E-state index in [0.29, 0.717) is 13.1 Å². The molecule has 2 heterocycles. The first-order valence-corrected chi connectivity index (χ1v) is 11.4. The molecule has 0 saturated carbocycles. The van der Waals surface area contributed by atoms with Gasteiger partial charge in [0.2, 0.25) is 5.91 Å². The highest BCUT2D eigenvalue weighted by atomic mass is 16.2. The van der Waals surface area contributed by atoms with E-state index in [4.69, 9.17) is 0 Å². The van der Waals surface area contributed by atoms with Gasteiger partial charge in [0.15, 0.2) is 0 Å². The predicted molar refractivity (Wildman–Crippen MR) is 128 cm³/mol. The first-order chi connectivity index (χ1) is 15.5. The second-order valence-electron chi connectivity index (χ2n) is 8.83. The molecule has 2 aromatic carbocycles. The van der Waals surface area contributed by atoms with Gasteiger partial charge in [0.05, 0.1) is 0 Å². The molecule has 3 amide bonds. The molecule has 0 bridgehead atoms. The number of nitrogens with one attached hydrogen (secondary N) is 1. The van der Waals surface area contributed by atoms with Crippen molar-refractivity contribution in [3.63, 3.8) is 0 Å². The fraction of sp³-hybridized carbons (Fsp3) is 0.440. The number of aryl methyl sites for hydroxylation is 1. The van der Waals surface area contributed by atoms with Gasteiger partial charge in [-0.2, -0.15) is 0 Å². The van der Waals surface area contributed by atoms with Gasteiger partial charge in [-0.15, -0.1) is 0 Å². The number of rotatable bonds is 5. The fourth-order valence-corrected chi connectivity index (χ4v) is 4.21. The van der Waals surface area contributed by atoms with Gasteiger partial charge >= 0.3 is 6.03 Å². The van der Waals surface area contributed by atoms with Gasteiger partial charge in [-0.3, -0.25) is 4.79 Å². The molecule has 2 fully saturated rings. The highest BCUT2D eigenvalue weighted by Crippen LogP contribution is 2.19. The lowest BCUT2D eigenvalue weighted by molar-refractivity contribution is -0.120. The van der Waals surface area contributed by atoms with E-state index in [1.54, 1.807) is 9.80 Å². The van der Waals surface area contributed by atoms with Crippen LogP contribution in [0.15, 0.2) is 48.5 Å². The van der Waals surface area contributed by atoms with E-state index in [2.05, 4.69) is 28.2 Å². The van der Waals surface area contributed by atoms with E-state index < -0.39 is 0 Å². The number of piperazine rings is 2. The van der Waals surface area contributed by atoms with Gasteiger partial charge in [0.25, 0.3) is 0 Å². The standard InChI is InChI=1S/C25H33N5O2/c1-20-6-8-23(9-7-20)30-17-16-29(19-24(30)31)25(32)26-22-5-3-4-21(18-22)10-11-28-14-12-27(2)13-15-28/h3-9,18H,10-17,19H2,1-2H3,(H,26,32). The molecule has 2 aliphatic rings. The van der Waals surface area contributed by atoms with Crippen molar-refractivity contribution in [3.05, 3.63) is 59.7 Å².